The van der Waals surface area contributed by atoms with Crippen molar-refractivity contribution >= 4 is 17.8 Å². The van der Waals surface area contributed by atoms with Gasteiger partial charge in [-0.25, -0.2) is 4.98 Å². The summed E-state index contributed by atoms with van der Waals surface area (Å²) in [5.74, 6) is 0.0267. The van der Waals surface area contributed by atoms with Gasteiger partial charge in [0.25, 0.3) is 5.56 Å². The van der Waals surface area contributed by atoms with E-state index in [-0.39, 0.29) is 42.3 Å². The van der Waals surface area contributed by atoms with Crippen LogP contribution >= 0.6 is 0 Å². The lowest BCUT2D eigenvalue weighted by molar-refractivity contribution is -0.139. The van der Waals surface area contributed by atoms with Crippen LogP contribution in [0.4, 0.5) is 5.95 Å². The van der Waals surface area contributed by atoms with E-state index in [1.54, 1.807) is 9.80 Å². The molecule has 3 N–H and O–H groups in total. The lowest BCUT2D eigenvalue weighted by Crippen LogP contribution is -2.44. The molecule has 8 heteroatoms. The summed E-state index contributed by atoms with van der Waals surface area (Å²) >= 11 is 0. The lowest BCUT2D eigenvalue weighted by Gasteiger charge is -2.29. The summed E-state index contributed by atoms with van der Waals surface area (Å²) in [5.41, 5.74) is 7.59. The first-order chi connectivity index (χ1) is 13.0. The number of rotatable bonds is 3. The standard InChI is InChI=1S/C19H21N5O3/c20-19-21-15-10-23(7-6-14(15)18(27)22-19)17(26)11-24-9-13(8-16(24)25)12-4-2-1-3-5-12/h1-5,13H,6-11H2,(H3,20,21,22,27)/t13-/m1/s1. The smallest absolute Gasteiger partial charge is 0.255 e. The Morgan fingerprint density at radius 3 is 2.81 bits per heavy atom. The Labute approximate surface area is 156 Å². The molecule has 2 aliphatic rings. The number of fused-ring (bicyclic) bond motifs is 1. The highest BCUT2D eigenvalue weighted by Gasteiger charge is 2.33. The van der Waals surface area contributed by atoms with Crippen LogP contribution in [0.2, 0.25) is 0 Å². The van der Waals surface area contributed by atoms with Crippen molar-refractivity contribution in [3.63, 3.8) is 0 Å². The summed E-state index contributed by atoms with van der Waals surface area (Å²) in [4.78, 5) is 46.9. The van der Waals surface area contributed by atoms with Crippen LogP contribution in [0.3, 0.4) is 0 Å². The number of amides is 2. The monoisotopic (exact) mass is 367 g/mol. The molecule has 8 nitrogen and oxygen atoms in total. The van der Waals surface area contributed by atoms with Gasteiger partial charge in [-0.15, -0.1) is 0 Å². The van der Waals surface area contributed by atoms with Crippen molar-refractivity contribution in [1.29, 1.82) is 0 Å². The van der Waals surface area contributed by atoms with Crippen molar-refractivity contribution in [3.8, 4) is 0 Å². The molecule has 1 atom stereocenters. The van der Waals surface area contributed by atoms with E-state index < -0.39 is 0 Å². The zero-order valence-electron chi connectivity index (χ0n) is 14.9. The molecule has 140 valence electrons. The number of likely N-dealkylation sites (tertiary alicyclic amines) is 1. The van der Waals surface area contributed by atoms with E-state index in [0.29, 0.717) is 37.2 Å². The Bertz CT molecular complexity index is 940. The molecule has 1 saturated heterocycles. The van der Waals surface area contributed by atoms with E-state index >= 15 is 0 Å². The van der Waals surface area contributed by atoms with Crippen LogP contribution in [-0.2, 0) is 22.6 Å². The van der Waals surface area contributed by atoms with E-state index in [2.05, 4.69) is 9.97 Å². The number of carbonyl (C=O) groups is 2. The minimum Gasteiger partial charge on any atom is -0.369 e. The summed E-state index contributed by atoms with van der Waals surface area (Å²) in [6, 6.07) is 9.89. The molecular weight excluding hydrogens is 346 g/mol. The van der Waals surface area contributed by atoms with Crippen LogP contribution in [0.5, 0.6) is 0 Å². The van der Waals surface area contributed by atoms with Gasteiger partial charge < -0.3 is 15.5 Å². The number of aromatic nitrogens is 2. The molecule has 2 aromatic rings. The third-order valence-corrected chi connectivity index (χ3v) is 5.26. The van der Waals surface area contributed by atoms with Crippen molar-refractivity contribution in [2.75, 3.05) is 25.4 Å². The first-order valence-electron chi connectivity index (χ1n) is 8.99. The fourth-order valence-corrected chi connectivity index (χ4v) is 3.81. The molecular formula is C19H21N5O3. The second-order valence-electron chi connectivity index (χ2n) is 7.03. The number of benzene rings is 1. The molecule has 2 amide bonds. The van der Waals surface area contributed by atoms with E-state index in [0.717, 1.165) is 5.56 Å². The highest BCUT2D eigenvalue weighted by Crippen LogP contribution is 2.28. The number of nitrogens with zero attached hydrogens (tertiary/aromatic N) is 3. The number of H-pyrrole nitrogens is 1. The van der Waals surface area contributed by atoms with Crippen LogP contribution in [-0.4, -0.2) is 51.2 Å². The first-order valence-corrected chi connectivity index (χ1v) is 8.99. The van der Waals surface area contributed by atoms with E-state index in [9.17, 15) is 14.4 Å². The van der Waals surface area contributed by atoms with Crippen LogP contribution < -0.4 is 11.3 Å². The average molecular weight is 367 g/mol. The van der Waals surface area contributed by atoms with Crippen LogP contribution in [0.25, 0.3) is 0 Å². The van der Waals surface area contributed by atoms with Crippen LogP contribution in [0.15, 0.2) is 35.1 Å². The number of hydrogen-bond donors (Lipinski definition) is 2. The Morgan fingerprint density at radius 1 is 1.26 bits per heavy atom. The number of hydrogen-bond acceptors (Lipinski definition) is 5. The Kier molecular flexibility index (Phi) is 4.39. The SMILES string of the molecule is Nc1nc2c(c(=O)[nH]1)CCN(C(=O)CN1C[C@H](c3ccccc3)CC1=O)C2. The van der Waals surface area contributed by atoms with Crippen molar-refractivity contribution in [1.82, 2.24) is 19.8 Å². The number of aromatic amines is 1. The zero-order valence-corrected chi connectivity index (χ0v) is 14.9. The molecule has 2 aliphatic heterocycles. The number of nitrogen functional groups attached to an aromatic ring is 1. The quantitative estimate of drug-likeness (QED) is 0.808. The predicted molar refractivity (Wildman–Crippen MR) is 98.8 cm³/mol. The maximum absolute atomic E-state index is 12.7. The third-order valence-electron chi connectivity index (χ3n) is 5.26. The van der Waals surface area contributed by atoms with Gasteiger partial charge in [0, 0.05) is 31.0 Å². The van der Waals surface area contributed by atoms with Gasteiger partial charge in [0.2, 0.25) is 17.8 Å². The van der Waals surface area contributed by atoms with Crippen molar-refractivity contribution in [2.24, 2.45) is 0 Å². The van der Waals surface area contributed by atoms with Gasteiger partial charge in [-0.3, -0.25) is 19.4 Å². The van der Waals surface area contributed by atoms with Gasteiger partial charge in [0.1, 0.15) is 0 Å². The van der Waals surface area contributed by atoms with Gasteiger partial charge in [-0.2, -0.15) is 0 Å². The minimum absolute atomic E-state index is 0.00609. The number of nitrogens with two attached hydrogens (primary N) is 1. The Morgan fingerprint density at radius 2 is 2.04 bits per heavy atom. The zero-order chi connectivity index (χ0) is 19.0. The van der Waals surface area contributed by atoms with Gasteiger partial charge >= 0.3 is 0 Å². The fourth-order valence-electron chi connectivity index (χ4n) is 3.81. The molecule has 0 saturated carbocycles. The average Bonchev–Trinajstić information content (AvgIpc) is 3.02. The maximum atomic E-state index is 12.7. The molecule has 27 heavy (non-hydrogen) atoms. The molecule has 0 aliphatic carbocycles. The lowest BCUT2D eigenvalue weighted by atomic mass is 9.99. The Balaban J connectivity index is 1.42. The van der Waals surface area contributed by atoms with E-state index in [4.69, 9.17) is 5.73 Å². The topological polar surface area (TPSA) is 112 Å². The molecule has 0 radical (unpaired) electrons. The molecule has 0 bridgehead atoms. The van der Waals surface area contributed by atoms with Crippen molar-refractivity contribution in [3.05, 3.63) is 57.5 Å². The highest BCUT2D eigenvalue weighted by molar-refractivity contribution is 5.86. The van der Waals surface area contributed by atoms with Crippen molar-refractivity contribution in [2.45, 2.75) is 25.3 Å². The summed E-state index contributed by atoms with van der Waals surface area (Å²) in [7, 11) is 0. The maximum Gasteiger partial charge on any atom is 0.255 e. The largest absolute Gasteiger partial charge is 0.369 e. The summed E-state index contributed by atoms with van der Waals surface area (Å²) < 4.78 is 0. The van der Waals surface area contributed by atoms with Gasteiger partial charge in [0.15, 0.2) is 0 Å². The van der Waals surface area contributed by atoms with Crippen molar-refractivity contribution < 1.29 is 9.59 Å². The predicted octanol–water partition coefficient (Wildman–Crippen LogP) is 0.253. The highest BCUT2D eigenvalue weighted by atomic mass is 16.2. The first kappa shape index (κ1) is 17.3. The number of carbonyl (C=O) groups excluding carboxylic acids is 2. The minimum atomic E-state index is -0.245. The van der Waals surface area contributed by atoms with Gasteiger partial charge in [-0.1, -0.05) is 30.3 Å². The summed E-state index contributed by atoms with van der Waals surface area (Å²) in [6.07, 6.45) is 0.859. The fraction of sp³-hybridized carbons (Fsp3) is 0.368. The van der Waals surface area contributed by atoms with E-state index in [1.165, 1.54) is 0 Å². The van der Waals surface area contributed by atoms with E-state index in [1.807, 2.05) is 30.3 Å². The summed E-state index contributed by atoms with van der Waals surface area (Å²) in [5, 5.41) is 0. The molecule has 0 unspecified atom stereocenters. The molecule has 3 heterocycles. The summed E-state index contributed by atoms with van der Waals surface area (Å²) in [6.45, 7) is 1.27. The van der Waals surface area contributed by atoms with Gasteiger partial charge in [-0.05, 0) is 12.0 Å². The molecule has 4 rings (SSSR count). The number of anilines is 1. The molecule has 1 fully saturated rings. The Hall–Kier alpha value is -3.16. The van der Waals surface area contributed by atoms with Crippen LogP contribution in [0, 0.1) is 0 Å². The van der Waals surface area contributed by atoms with Crippen LogP contribution in [0.1, 0.15) is 29.2 Å². The second kappa shape index (κ2) is 6.86. The van der Waals surface area contributed by atoms with Gasteiger partial charge in [0.05, 0.1) is 18.8 Å². The second-order valence-corrected chi connectivity index (χ2v) is 7.03. The molecule has 0 spiro atoms. The molecule has 1 aromatic heterocycles. The molecule has 1 aromatic carbocycles. The normalized spacial score (nSPS) is 19.3. The third kappa shape index (κ3) is 3.42. The number of nitrogens with one attached hydrogen (secondary N) is 1.